The molecule has 0 aliphatic carbocycles. The molecule has 0 heterocycles. The van der Waals surface area contributed by atoms with Crippen LogP contribution >= 0.6 is 0 Å². The lowest BCUT2D eigenvalue weighted by molar-refractivity contribution is -0.154. The minimum atomic E-state index is -0.455. The van der Waals surface area contributed by atoms with E-state index in [9.17, 15) is 28.8 Å². The summed E-state index contributed by atoms with van der Waals surface area (Å²) < 4.78 is 47.5. The van der Waals surface area contributed by atoms with Crippen LogP contribution in [0.3, 0.4) is 0 Å². The molecule has 0 aromatic carbocycles. The van der Waals surface area contributed by atoms with E-state index in [-0.39, 0.29) is 35.8 Å². The van der Waals surface area contributed by atoms with Crippen molar-refractivity contribution in [3.8, 4) is 0 Å². The van der Waals surface area contributed by atoms with Crippen molar-refractivity contribution in [2.75, 3.05) is 79.3 Å². The van der Waals surface area contributed by atoms with Gasteiger partial charge in [0.25, 0.3) is 0 Å². The molecule has 77 heavy (non-hydrogen) atoms. The van der Waals surface area contributed by atoms with E-state index in [4.69, 9.17) is 42.6 Å². The maximum Gasteiger partial charge on any atom is 0.311 e. The first-order valence-electron chi connectivity index (χ1n) is 29.8. The molecule has 0 rings (SSSR count). The number of carbonyl (C=O) groups excluding carboxylic acids is 6. The van der Waals surface area contributed by atoms with Crippen LogP contribution in [0.5, 0.6) is 0 Å². The molecule has 0 saturated heterocycles. The average Bonchev–Trinajstić information content (AvgIpc) is 3.35. The van der Waals surface area contributed by atoms with Crippen LogP contribution in [0.2, 0.25) is 0 Å². The number of unbranched alkanes of at least 4 members (excludes halogenated alkanes) is 8. The fourth-order valence-electron chi connectivity index (χ4n) is 7.88. The molecular formula is C62H118O15. The largest absolute Gasteiger partial charge is 0.466 e. The van der Waals surface area contributed by atoms with Gasteiger partial charge in [-0.2, -0.15) is 0 Å². The molecule has 0 unspecified atom stereocenters. The van der Waals surface area contributed by atoms with Gasteiger partial charge in [-0.1, -0.05) is 51.4 Å². The molecule has 15 heteroatoms. The van der Waals surface area contributed by atoms with Crippen molar-refractivity contribution in [3.05, 3.63) is 0 Å². The van der Waals surface area contributed by atoms with Crippen molar-refractivity contribution >= 4 is 35.8 Å². The predicted molar refractivity (Wildman–Crippen MR) is 307 cm³/mol. The molecule has 456 valence electrons. The molecule has 0 aromatic rings. The molecule has 0 aliphatic rings. The molecule has 0 aromatic heterocycles. The van der Waals surface area contributed by atoms with Crippen molar-refractivity contribution in [2.45, 2.75) is 253 Å². The molecular weight excluding hydrogens is 985 g/mol. The van der Waals surface area contributed by atoms with Crippen LogP contribution in [0.25, 0.3) is 0 Å². The van der Waals surface area contributed by atoms with E-state index in [0.29, 0.717) is 52.9 Å². The Bertz CT molecular complexity index is 1440. The SMILES string of the molecule is CCOC(=O)C(C)(C)CCCCCOCCCCC(C)(C)C(=O)OCC.CCOC(=O)C(C)(C)CCCCCOCCCCCC(C)(C)C(=O)OCC.CCOC(=O)C(C)(C)CCCCOCCCC(C)(C)C(=O)OCC. The van der Waals surface area contributed by atoms with Gasteiger partial charge in [-0.05, 0) is 202 Å². The highest BCUT2D eigenvalue weighted by Gasteiger charge is 2.32. The molecule has 0 radical (unpaired) electrons. The molecule has 0 aliphatic heterocycles. The topological polar surface area (TPSA) is 185 Å². The van der Waals surface area contributed by atoms with Crippen molar-refractivity contribution in [1.82, 2.24) is 0 Å². The lowest BCUT2D eigenvalue weighted by atomic mass is 9.87. The van der Waals surface area contributed by atoms with Crippen LogP contribution in [-0.2, 0) is 71.4 Å². The zero-order valence-electron chi connectivity index (χ0n) is 52.8. The molecule has 0 N–H and O–H groups in total. The Morgan fingerprint density at radius 1 is 0.221 bits per heavy atom. The minimum absolute atomic E-state index is 0.104. The Morgan fingerprint density at radius 3 is 0.545 bits per heavy atom. The third-order valence-corrected chi connectivity index (χ3v) is 13.5. The summed E-state index contributed by atoms with van der Waals surface area (Å²) >= 11 is 0. The molecule has 15 nitrogen and oxygen atoms in total. The normalized spacial score (nSPS) is 12.1. The van der Waals surface area contributed by atoms with Gasteiger partial charge >= 0.3 is 35.8 Å². The third kappa shape index (κ3) is 40.5. The fraction of sp³-hybridized carbons (Fsp3) is 0.903. The van der Waals surface area contributed by atoms with Gasteiger partial charge in [0.15, 0.2) is 0 Å². The number of esters is 6. The van der Waals surface area contributed by atoms with Crippen LogP contribution < -0.4 is 0 Å². The van der Waals surface area contributed by atoms with Crippen molar-refractivity contribution in [2.24, 2.45) is 32.5 Å². The summed E-state index contributed by atoms with van der Waals surface area (Å²) in [6.07, 6.45) is 18.8. The van der Waals surface area contributed by atoms with Crippen molar-refractivity contribution in [1.29, 1.82) is 0 Å². The quantitative estimate of drug-likeness (QED) is 0.0318. The van der Waals surface area contributed by atoms with E-state index < -0.39 is 32.5 Å². The molecule has 0 bridgehead atoms. The molecule has 0 saturated carbocycles. The van der Waals surface area contributed by atoms with E-state index in [2.05, 4.69) is 0 Å². The predicted octanol–water partition coefficient (Wildman–Crippen LogP) is 14.3. The zero-order valence-corrected chi connectivity index (χ0v) is 52.8. The second-order valence-corrected chi connectivity index (χ2v) is 23.9. The van der Waals surface area contributed by atoms with E-state index in [1.54, 1.807) is 0 Å². The van der Waals surface area contributed by atoms with Gasteiger partial charge < -0.3 is 42.6 Å². The number of ether oxygens (including phenoxy) is 9. The summed E-state index contributed by atoms with van der Waals surface area (Å²) in [6, 6.07) is 0. The van der Waals surface area contributed by atoms with Crippen LogP contribution in [0.1, 0.15) is 253 Å². The van der Waals surface area contributed by atoms with Gasteiger partial charge in [0.1, 0.15) is 0 Å². The summed E-state index contributed by atoms with van der Waals surface area (Å²) in [7, 11) is 0. The zero-order chi connectivity index (χ0) is 59.5. The molecule has 0 amide bonds. The van der Waals surface area contributed by atoms with Crippen molar-refractivity contribution < 1.29 is 71.4 Å². The van der Waals surface area contributed by atoms with Crippen LogP contribution in [0.4, 0.5) is 0 Å². The first kappa shape index (κ1) is 77.9. The van der Waals surface area contributed by atoms with Gasteiger partial charge in [0.2, 0.25) is 0 Å². The Hall–Kier alpha value is -3.30. The second kappa shape index (κ2) is 44.4. The third-order valence-electron chi connectivity index (χ3n) is 13.5. The van der Waals surface area contributed by atoms with E-state index >= 15 is 0 Å². The Balaban J connectivity index is -0.00000107. The maximum absolute atomic E-state index is 11.8. The number of carbonyl (C=O) groups is 6. The number of rotatable bonds is 44. The van der Waals surface area contributed by atoms with Gasteiger partial charge in [-0.3, -0.25) is 28.8 Å². The van der Waals surface area contributed by atoms with E-state index in [0.717, 1.165) is 155 Å². The van der Waals surface area contributed by atoms with E-state index in [1.165, 1.54) is 0 Å². The Labute approximate surface area is 470 Å². The Kier molecular flexibility index (Phi) is 45.0. The summed E-state index contributed by atoms with van der Waals surface area (Å²) in [5, 5.41) is 0. The fourth-order valence-corrected chi connectivity index (χ4v) is 7.88. The lowest BCUT2D eigenvalue weighted by Gasteiger charge is -2.22. The monoisotopic (exact) mass is 1100 g/mol. The molecule has 0 spiro atoms. The summed E-state index contributed by atoms with van der Waals surface area (Å²) in [6.45, 7) is 41.1. The van der Waals surface area contributed by atoms with Gasteiger partial charge in [-0.25, -0.2) is 0 Å². The van der Waals surface area contributed by atoms with Crippen molar-refractivity contribution in [3.63, 3.8) is 0 Å². The summed E-state index contributed by atoms with van der Waals surface area (Å²) in [5.41, 5.74) is -2.49. The lowest BCUT2D eigenvalue weighted by Crippen LogP contribution is -2.27. The highest BCUT2D eigenvalue weighted by atomic mass is 16.6. The smallest absolute Gasteiger partial charge is 0.311 e. The van der Waals surface area contributed by atoms with Crippen LogP contribution in [0.15, 0.2) is 0 Å². The van der Waals surface area contributed by atoms with Crippen LogP contribution in [0, 0.1) is 32.5 Å². The molecule has 0 atom stereocenters. The Morgan fingerprint density at radius 2 is 0.364 bits per heavy atom. The highest BCUT2D eigenvalue weighted by molar-refractivity contribution is 5.77. The number of hydrogen-bond acceptors (Lipinski definition) is 15. The standard InChI is InChI=1S/C22H42O5.C21H40O5.C19H36O5/c1-7-26-19(23)21(3,4)15-11-9-13-17-25-18-14-10-12-16-22(5,6)20(24)27-8-2;1-7-25-18(22)20(3,4)14-10-9-12-16-24-17-13-11-15-21(5,6)19(23)26-8-2;1-7-23-16(20)18(3,4)12-9-10-14-22-15-11-13-19(5,6)17(21)24-8-2/h7-18H2,1-6H3;7-17H2,1-6H3;7-15H2,1-6H3. The van der Waals surface area contributed by atoms with Gasteiger partial charge in [0, 0.05) is 39.6 Å². The summed E-state index contributed by atoms with van der Waals surface area (Å²) in [5.74, 6) is -0.716. The summed E-state index contributed by atoms with van der Waals surface area (Å²) in [4.78, 5) is 70.8. The first-order valence-corrected chi connectivity index (χ1v) is 29.8. The number of hydrogen-bond donors (Lipinski definition) is 0. The molecule has 0 fully saturated rings. The second-order valence-electron chi connectivity index (χ2n) is 23.9. The van der Waals surface area contributed by atoms with E-state index in [1.807, 2.05) is 125 Å². The minimum Gasteiger partial charge on any atom is -0.466 e. The first-order chi connectivity index (χ1) is 36.0. The highest BCUT2D eigenvalue weighted by Crippen LogP contribution is 2.30. The maximum atomic E-state index is 11.8. The van der Waals surface area contributed by atoms with Gasteiger partial charge in [-0.15, -0.1) is 0 Å². The van der Waals surface area contributed by atoms with Crippen LogP contribution in [-0.4, -0.2) is 115 Å². The average molecular weight is 1100 g/mol. The van der Waals surface area contributed by atoms with Gasteiger partial charge in [0.05, 0.1) is 72.1 Å².